The molecule has 0 saturated carbocycles. The molecule has 0 bridgehead atoms. The molecule has 2 rings (SSSR count). The van der Waals surface area contributed by atoms with E-state index in [1.165, 1.54) is 16.6 Å². The molecule has 0 fully saturated rings. The summed E-state index contributed by atoms with van der Waals surface area (Å²) < 4.78 is 28.6. The quantitative estimate of drug-likeness (QED) is 0.802. The molecule has 0 atom stereocenters. The minimum absolute atomic E-state index is 0.198. The van der Waals surface area contributed by atoms with E-state index in [9.17, 15) is 8.42 Å². The van der Waals surface area contributed by atoms with Crippen LogP contribution in [0.3, 0.4) is 0 Å². The Bertz CT molecular complexity index is 684. The van der Waals surface area contributed by atoms with E-state index in [2.05, 4.69) is 15.1 Å². The van der Waals surface area contributed by atoms with E-state index in [4.69, 9.17) is 0 Å². The zero-order chi connectivity index (χ0) is 15.5. The molecule has 0 aliphatic carbocycles. The summed E-state index contributed by atoms with van der Waals surface area (Å²) in [5.74, 6) is 0. The Hall–Kier alpha value is -1.22. The Labute approximate surface area is 129 Å². The zero-order valence-electron chi connectivity index (χ0n) is 12.4. The van der Waals surface area contributed by atoms with E-state index in [-0.39, 0.29) is 4.90 Å². The highest BCUT2D eigenvalue weighted by Crippen LogP contribution is 2.20. The van der Waals surface area contributed by atoms with Gasteiger partial charge in [-0.1, -0.05) is 0 Å². The third kappa shape index (κ3) is 4.13. The predicted molar refractivity (Wildman–Crippen MR) is 84.0 cm³/mol. The van der Waals surface area contributed by atoms with Crippen molar-refractivity contribution in [2.24, 2.45) is 0 Å². The van der Waals surface area contributed by atoms with Gasteiger partial charge in [-0.15, -0.1) is 11.3 Å². The first-order valence-electron chi connectivity index (χ1n) is 6.65. The fourth-order valence-corrected chi connectivity index (χ4v) is 3.86. The van der Waals surface area contributed by atoms with Crippen LogP contribution < -0.4 is 10.0 Å². The molecular weight excluding hydrogens is 308 g/mol. The van der Waals surface area contributed by atoms with E-state index in [1.807, 2.05) is 27.0 Å². The van der Waals surface area contributed by atoms with Gasteiger partial charge >= 0.3 is 0 Å². The van der Waals surface area contributed by atoms with Gasteiger partial charge in [0.25, 0.3) is 0 Å². The standard InChI is InChI=1S/C13H20N4O2S2/c1-10-6-12(20-11(10)2)7-16-21(18,19)13-8-15-17(9-13)5-4-14-3/h6,8-9,14,16H,4-5,7H2,1-3H3. The molecule has 8 heteroatoms. The Balaban J connectivity index is 2.02. The van der Waals surface area contributed by atoms with Crippen molar-refractivity contribution >= 4 is 21.4 Å². The lowest BCUT2D eigenvalue weighted by molar-refractivity contribution is 0.576. The summed E-state index contributed by atoms with van der Waals surface area (Å²) in [5, 5.41) is 7.05. The molecule has 0 unspecified atom stereocenters. The fourth-order valence-electron chi connectivity index (χ4n) is 1.82. The normalized spacial score (nSPS) is 12.0. The van der Waals surface area contributed by atoms with Gasteiger partial charge in [-0.2, -0.15) is 5.10 Å². The van der Waals surface area contributed by atoms with Crippen molar-refractivity contribution in [1.29, 1.82) is 0 Å². The summed E-state index contributed by atoms with van der Waals surface area (Å²) in [4.78, 5) is 2.42. The van der Waals surface area contributed by atoms with Crippen molar-refractivity contribution in [2.75, 3.05) is 13.6 Å². The monoisotopic (exact) mass is 328 g/mol. The smallest absolute Gasteiger partial charge is 0.244 e. The molecule has 0 aliphatic heterocycles. The Morgan fingerprint density at radius 3 is 2.76 bits per heavy atom. The van der Waals surface area contributed by atoms with Crippen LogP contribution in [-0.2, 0) is 23.1 Å². The highest BCUT2D eigenvalue weighted by atomic mass is 32.2. The molecule has 0 radical (unpaired) electrons. The summed E-state index contributed by atoms with van der Waals surface area (Å²) in [7, 11) is -1.67. The number of nitrogens with one attached hydrogen (secondary N) is 2. The number of likely N-dealkylation sites (N-methyl/N-ethyl adjacent to an activating group) is 1. The van der Waals surface area contributed by atoms with E-state index in [0.29, 0.717) is 13.1 Å². The lowest BCUT2D eigenvalue weighted by Gasteiger charge is -2.03. The largest absolute Gasteiger partial charge is 0.318 e. The zero-order valence-corrected chi connectivity index (χ0v) is 14.0. The minimum Gasteiger partial charge on any atom is -0.318 e. The number of nitrogens with zero attached hydrogens (tertiary/aromatic N) is 2. The van der Waals surface area contributed by atoms with Gasteiger partial charge in [0.05, 0.1) is 12.7 Å². The van der Waals surface area contributed by atoms with Crippen LogP contribution in [0, 0.1) is 13.8 Å². The average molecular weight is 328 g/mol. The van der Waals surface area contributed by atoms with E-state index in [0.717, 1.165) is 11.4 Å². The van der Waals surface area contributed by atoms with Crippen LogP contribution in [0.1, 0.15) is 15.3 Å². The molecule has 116 valence electrons. The van der Waals surface area contributed by atoms with E-state index < -0.39 is 10.0 Å². The Morgan fingerprint density at radius 2 is 2.14 bits per heavy atom. The first-order chi connectivity index (χ1) is 9.92. The van der Waals surface area contributed by atoms with Gasteiger partial charge in [-0.25, -0.2) is 13.1 Å². The van der Waals surface area contributed by atoms with Crippen molar-refractivity contribution in [3.63, 3.8) is 0 Å². The molecular formula is C13H20N4O2S2. The lowest BCUT2D eigenvalue weighted by Crippen LogP contribution is -2.22. The van der Waals surface area contributed by atoms with Crippen molar-refractivity contribution in [2.45, 2.75) is 31.8 Å². The van der Waals surface area contributed by atoms with Crippen molar-refractivity contribution in [3.05, 3.63) is 33.8 Å². The molecule has 0 amide bonds. The molecule has 0 aromatic carbocycles. The minimum atomic E-state index is -3.51. The number of hydrogen-bond donors (Lipinski definition) is 2. The Kier molecular flexibility index (Phi) is 5.15. The summed E-state index contributed by atoms with van der Waals surface area (Å²) in [6, 6.07) is 2.01. The molecule has 6 nitrogen and oxygen atoms in total. The van der Waals surface area contributed by atoms with Gasteiger partial charge in [0.15, 0.2) is 0 Å². The van der Waals surface area contributed by atoms with Gasteiger partial charge in [-0.05, 0) is 32.5 Å². The number of aromatic nitrogens is 2. The van der Waals surface area contributed by atoms with E-state index >= 15 is 0 Å². The topological polar surface area (TPSA) is 76.0 Å². The second-order valence-electron chi connectivity index (χ2n) is 4.82. The molecule has 2 aromatic rings. The molecule has 2 N–H and O–H groups in total. The molecule has 0 aliphatic rings. The molecule has 0 saturated heterocycles. The first-order valence-corrected chi connectivity index (χ1v) is 8.95. The van der Waals surface area contributed by atoms with Gasteiger partial charge in [-0.3, -0.25) is 4.68 Å². The van der Waals surface area contributed by atoms with Crippen LogP contribution in [0.5, 0.6) is 0 Å². The van der Waals surface area contributed by atoms with Crippen molar-refractivity contribution < 1.29 is 8.42 Å². The summed E-state index contributed by atoms with van der Waals surface area (Å²) in [6.45, 7) is 5.74. The van der Waals surface area contributed by atoms with Crippen LogP contribution in [0.15, 0.2) is 23.4 Å². The maximum absolute atomic E-state index is 12.2. The van der Waals surface area contributed by atoms with Crippen LogP contribution in [0.25, 0.3) is 0 Å². The van der Waals surface area contributed by atoms with Crippen molar-refractivity contribution in [3.8, 4) is 0 Å². The third-order valence-electron chi connectivity index (χ3n) is 3.16. The van der Waals surface area contributed by atoms with Gasteiger partial charge in [0, 0.05) is 29.0 Å². The first kappa shape index (κ1) is 16.2. The average Bonchev–Trinajstić information content (AvgIpc) is 3.03. The molecule has 2 aromatic heterocycles. The Morgan fingerprint density at radius 1 is 1.38 bits per heavy atom. The number of sulfonamides is 1. The fraction of sp³-hybridized carbons (Fsp3) is 0.462. The third-order valence-corrected chi connectivity index (χ3v) is 5.67. The highest BCUT2D eigenvalue weighted by molar-refractivity contribution is 7.89. The van der Waals surface area contributed by atoms with Crippen LogP contribution in [0.2, 0.25) is 0 Å². The number of thiophene rings is 1. The SMILES string of the molecule is CNCCn1cc(S(=O)(=O)NCc2cc(C)c(C)s2)cn1. The van der Waals surface area contributed by atoms with Gasteiger partial charge in [0.1, 0.15) is 4.90 Å². The predicted octanol–water partition coefficient (Wildman–Crippen LogP) is 1.26. The summed E-state index contributed by atoms with van der Waals surface area (Å²) in [6.07, 6.45) is 2.92. The molecule has 2 heterocycles. The number of rotatable bonds is 7. The summed E-state index contributed by atoms with van der Waals surface area (Å²) in [5.41, 5.74) is 1.19. The van der Waals surface area contributed by atoms with E-state index in [1.54, 1.807) is 22.2 Å². The number of hydrogen-bond acceptors (Lipinski definition) is 5. The second kappa shape index (κ2) is 6.69. The van der Waals surface area contributed by atoms with Crippen LogP contribution >= 0.6 is 11.3 Å². The van der Waals surface area contributed by atoms with Crippen molar-refractivity contribution in [1.82, 2.24) is 19.8 Å². The maximum Gasteiger partial charge on any atom is 0.244 e. The van der Waals surface area contributed by atoms with Crippen LogP contribution in [-0.4, -0.2) is 31.8 Å². The lowest BCUT2D eigenvalue weighted by atomic mass is 10.3. The van der Waals surface area contributed by atoms with Gasteiger partial charge < -0.3 is 5.32 Å². The maximum atomic E-state index is 12.2. The molecule has 21 heavy (non-hydrogen) atoms. The molecule has 0 spiro atoms. The van der Waals surface area contributed by atoms with Crippen LogP contribution in [0.4, 0.5) is 0 Å². The number of aryl methyl sites for hydroxylation is 2. The second-order valence-corrected chi connectivity index (χ2v) is 7.93. The summed E-state index contributed by atoms with van der Waals surface area (Å²) >= 11 is 1.61. The highest BCUT2D eigenvalue weighted by Gasteiger charge is 2.16. The van der Waals surface area contributed by atoms with Gasteiger partial charge in [0.2, 0.25) is 10.0 Å².